The highest BCUT2D eigenvalue weighted by Gasteiger charge is 2.49. The molecule has 5 unspecified atom stereocenters. The van der Waals surface area contributed by atoms with Crippen molar-refractivity contribution in [1.29, 1.82) is 0 Å². The first-order chi connectivity index (χ1) is 9.13. The van der Waals surface area contributed by atoms with Crippen molar-refractivity contribution < 1.29 is 0 Å². The molecule has 0 saturated heterocycles. The molecule has 3 saturated carbocycles. The summed E-state index contributed by atoms with van der Waals surface area (Å²) in [5.41, 5.74) is 0. The van der Waals surface area contributed by atoms with E-state index < -0.39 is 0 Å². The van der Waals surface area contributed by atoms with Crippen LogP contribution in [0, 0.1) is 29.6 Å². The number of hydrogen-bond donors (Lipinski definition) is 0. The summed E-state index contributed by atoms with van der Waals surface area (Å²) in [6.45, 7) is 2.42. The van der Waals surface area contributed by atoms with Crippen LogP contribution >= 0.6 is 0 Å². The zero-order valence-corrected chi connectivity index (χ0v) is 13.5. The Morgan fingerprint density at radius 2 is 1.42 bits per heavy atom. The molecule has 0 aliphatic heterocycles. The average Bonchev–Trinajstić information content (AvgIpc) is 2.46. The maximum atomic E-state index is 2.56. The van der Waals surface area contributed by atoms with Gasteiger partial charge in [0.25, 0.3) is 0 Å². The summed E-state index contributed by atoms with van der Waals surface area (Å²) in [7, 11) is 5.12. The quantitative estimate of drug-likeness (QED) is 0.666. The van der Waals surface area contributed by atoms with E-state index in [0.29, 0.717) is 5.21 Å². The zero-order valence-electron chi connectivity index (χ0n) is 13.5. The summed E-state index contributed by atoms with van der Waals surface area (Å²) < 4.78 is 0. The molecule has 0 nitrogen and oxygen atoms in total. The van der Waals surface area contributed by atoms with Crippen LogP contribution in [0.3, 0.4) is 0 Å². The van der Waals surface area contributed by atoms with Crippen molar-refractivity contribution in [3.8, 4) is 0 Å². The third kappa shape index (κ3) is 2.54. The van der Waals surface area contributed by atoms with Crippen molar-refractivity contribution in [1.82, 2.24) is 0 Å². The molecule has 0 N–H and O–H groups in total. The Hall–Kier alpha value is 0.130. The van der Waals surface area contributed by atoms with Crippen LogP contribution in [0.4, 0.5) is 0 Å². The van der Waals surface area contributed by atoms with Gasteiger partial charge in [0.1, 0.15) is 0 Å². The van der Waals surface area contributed by atoms with Gasteiger partial charge < -0.3 is 0 Å². The van der Waals surface area contributed by atoms with Crippen molar-refractivity contribution in [2.24, 2.45) is 29.6 Å². The summed E-state index contributed by atoms with van der Waals surface area (Å²) in [5.74, 6) is 5.46. The lowest BCUT2D eigenvalue weighted by molar-refractivity contribution is -0.0218. The molecule has 3 aliphatic rings. The van der Waals surface area contributed by atoms with Gasteiger partial charge in [-0.1, -0.05) is 50.7 Å². The Bertz CT molecular complexity index is 312. The Kier molecular flexibility index (Phi) is 4.07. The lowest BCUT2D eigenvalue weighted by atomic mass is 9.39. The van der Waals surface area contributed by atoms with Gasteiger partial charge in [-0.3, -0.25) is 0 Å². The lowest BCUT2D eigenvalue weighted by Crippen LogP contribution is -2.47. The van der Waals surface area contributed by atoms with E-state index in [1.54, 1.807) is 32.1 Å². The molecule has 0 spiro atoms. The molecular formula is C17H32B2. The maximum Gasteiger partial charge on any atom is 0.0995 e. The third-order valence-corrected chi connectivity index (χ3v) is 7.38. The fourth-order valence-corrected chi connectivity index (χ4v) is 5.97. The molecule has 3 fully saturated rings. The van der Waals surface area contributed by atoms with Gasteiger partial charge in [-0.15, -0.1) is 0 Å². The fourth-order valence-electron chi connectivity index (χ4n) is 5.97. The topological polar surface area (TPSA) is 0 Å². The average molecular weight is 258 g/mol. The smallest absolute Gasteiger partial charge is 0.0817 e. The SMILES string of the molecule is BC(B)(CC)C1CC2CCCCC2C2CCCCC21. The molecule has 2 heteroatoms. The molecule has 3 rings (SSSR count). The maximum absolute atomic E-state index is 2.56. The van der Waals surface area contributed by atoms with Crippen LogP contribution in [0.5, 0.6) is 0 Å². The van der Waals surface area contributed by atoms with E-state index in [9.17, 15) is 0 Å². The van der Waals surface area contributed by atoms with E-state index >= 15 is 0 Å². The first kappa shape index (κ1) is 14.1. The molecule has 0 heterocycles. The Balaban J connectivity index is 1.85. The van der Waals surface area contributed by atoms with Crippen molar-refractivity contribution >= 4 is 15.7 Å². The van der Waals surface area contributed by atoms with Crippen molar-refractivity contribution in [2.45, 2.75) is 76.3 Å². The van der Waals surface area contributed by atoms with Crippen LogP contribution in [0.2, 0.25) is 5.21 Å². The van der Waals surface area contributed by atoms with Gasteiger partial charge in [-0.25, -0.2) is 0 Å². The van der Waals surface area contributed by atoms with Gasteiger partial charge in [0.2, 0.25) is 0 Å². The van der Waals surface area contributed by atoms with Crippen LogP contribution < -0.4 is 0 Å². The molecule has 3 aliphatic carbocycles. The van der Waals surface area contributed by atoms with Gasteiger partial charge in [-0.05, 0) is 55.3 Å². The molecule has 0 aromatic carbocycles. The van der Waals surface area contributed by atoms with Crippen LogP contribution in [-0.2, 0) is 0 Å². The van der Waals surface area contributed by atoms with E-state index in [1.807, 2.05) is 0 Å². The predicted octanol–water partition coefficient (Wildman–Crippen LogP) is 3.41. The predicted molar refractivity (Wildman–Crippen MR) is 89.1 cm³/mol. The lowest BCUT2D eigenvalue weighted by Gasteiger charge is -2.56. The fraction of sp³-hybridized carbons (Fsp3) is 1.00. The second-order valence-corrected chi connectivity index (χ2v) is 8.50. The molecule has 0 aromatic heterocycles. The van der Waals surface area contributed by atoms with Crippen LogP contribution in [0.15, 0.2) is 0 Å². The molecule has 19 heavy (non-hydrogen) atoms. The van der Waals surface area contributed by atoms with E-state index in [2.05, 4.69) is 22.6 Å². The van der Waals surface area contributed by atoms with Gasteiger partial charge in [0.05, 0.1) is 15.7 Å². The normalized spacial score (nSPS) is 43.3. The van der Waals surface area contributed by atoms with E-state index in [4.69, 9.17) is 0 Å². The van der Waals surface area contributed by atoms with E-state index in [0.717, 1.165) is 29.6 Å². The molecule has 0 bridgehead atoms. The highest BCUT2D eigenvalue weighted by molar-refractivity contribution is 6.40. The summed E-state index contributed by atoms with van der Waals surface area (Å²) >= 11 is 0. The monoisotopic (exact) mass is 258 g/mol. The highest BCUT2D eigenvalue weighted by atomic mass is 14.5. The highest BCUT2D eigenvalue weighted by Crippen LogP contribution is 2.58. The van der Waals surface area contributed by atoms with E-state index in [-0.39, 0.29) is 0 Å². The Labute approximate surface area is 122 Å². The van der Waals surface area contributed by atoms with Gasteiger partial charge in [0, 0.05) is 0 Å². The largest absolute Gasteiger partial charge is 0.0995 e. The second-order valence-electron chi connectivity index (χ2n) is 8.50. The molecule has 0 aromatic rings. The van der Waals surface area contributed by atoms with Crippen LogP contribution in [0.25, 0.3) is 0 Å². The number of fused-ring (bicyclic) bond motifs is 3. The minimum Gasteiger partial charge on any atom is -0.0817 e. The van der Waals surface area contributed by atoms with Crippen molar-refractivity contribution in [2.75, 3.05) is 0 Å². The Morgan fingerprint density at radius 1 is 0.842 bits per heavy atom. The molecule has 5 atom stereocenters. The minimum atomic E-state index is 0.586. The first-order valence-electron chi connectivity index (χ1n) is 9.13. The van der Waals surface area contributed by atoms with E-state index in [1.165, 1.54) is 32.1 Å². The number of rotatable bonds is 2. The molecular weight excluding hydrogens is 226 g/mol. The van der Waals surface area contributed by atoms with Gasteiger partial charge in [0.15, 0.2) is 0 Å². The van der Waals surface area contributed by atoms with Crippen LogP contribution in [-0.4, -0.2) is 15.7 Å². The van der Waals surface area contributed by atoms with Crippen molar-refractivity contribution in [3.63, 3.8) is 0 Å². The third-order valence-electron chi connectivity index (χ3n) is 7.38. The molecule has 0 radical (unpaired) electrons. The Morgan fingerprint density at radius 3 is 2.11 bits per heavy atom. The molecule has 106 valence electrons. The summed E-state index contributed by atoms with van der Waals surface area (Å²) in [4.78, 5) is 0. The standard InChI is InChI=1S/C17H32B2/c1-2-17(18,19)16-11-12-7-3-4-8-13(12)14-9-5-6-10-15(14)16/h12-16H,2-11,18-19H2,1H3. The summed E-state index contributed by atoms with van der Waals surface area (Å²) in [6.07, 6.45) is 15.3. The second kappa shape index (κ2) is 5.49. The van der Waals surface area contributed by atoms with Gasteiger partial charge in [-0.2, -0.15) is 0 Å². The first-order valence-corrected chi connectivity index (χ1v) is 9.13. The number of hydrogen-bond acceptors (Lipinski definition) is 0. The zero-order chi connectivity index (χ0) is 13.5. The van der Waals surface area contributed by atoms with Crippen molar-refractivity contribution in [3.05, 3.63) is 0 Å². The van der Waals surface area contributed by atoms with Gasteiger partial charge >= 0.3 is 0 Å². The summed E-state index contributed by atoms with van der Waals surface area (Å²) in [6, 6.07) is 0. The molecule has 0 amide bonds. The van der Waals surface area contributed by atoms with Crippen LogP contribution in [0.1, 0.15) is 71.1 Å². The minimum absolute atomic E-state index is 0.586. The summed E-state index contributed by atoms with van der Waals surface area (Å²) in [5, 5.41) is 0.586.